The topological polar surface area (TPSA) is 29.1 Å². The average Bonchev–Trinajstić information content (AvgIpc) is 2.38. The van der Waals surface area contributed by atoms with Gasteiger partial charge in [-0.2, -0.15) is 0 Å². The van der Waals surface area contributed by atoms with Gasteiger partial charge in [0, 0.05) is 23.4 Å². The van der Waals surface area contributed by atoms with E-state index in [4.69, 9.17) is 0 Å². The first-order valence-corrected chi connectivity index (χ1v) is 7.03. The first-order valence-electron chi connectivity index (χ1n) is 6.24. The van der Waals surface area contributed by atoms with Crippen LogP contribution in [0.2, 0.25) is 0 Å². The van der Waals surface area contributed by atoms with Crippen LogP contribution in [0.3, 0.4) is 0 Å². The SMILES string of the molecule is O=C(CCc1ccccc1Br)C1CCCNC1. The standard InChI is InChI=1S/C14H18BrNO/c15-13-6-2-1-4-11(13)7-8-14(17)12-5-3-9-16-10-12/h1-2,4,6,12,16H,3,5,7-10H2. The third-order valence-electron chi connectivity index (χ3n) is 3.35. The molecular formula is C14H18BrNO. The Balaban J connectivity index is 1.85. The number of hydrogen-bond acceptors (Lipinski definition) is 2. The quantitative estimate of drug-likeness (QED) is 0.925. The predicted octanol–water partition coefficient (Wildman–Crippen LogP) is 2.95. The summed E-state index contributed by atoms with van der Waals surface area (Å²) in [7, 11) is 0. The van der Waals surface area contributed by atoms with Crippen molar-refractivity contribution < 1.29 is 4.79 Å². The zero-order chi connectivity index (χ0) is 12.1. The maximum Gasteiger partial charge on any atom is 0.137 e. The highest BCUT2D eigenvalue weighted by Crippen LogP contribution is 2.19. The van der Waals surface area contributed by atoms with E-state index in [-0.39, 0.29) is 5.92 Å². The molecule has 1 unspecified atom stereocenters. The van der Waals surface area contributed by atoms with E-state index in [9.17, 15) is 4.79 Å². The summed E-state index contributed by atoms with van der Waals surface area (Å²) >= 11 is 3.52. The number of halogens is 1. The Morgan fingerprint density at radius 2 is 2.24 bits per heavy atom. The van der Waals surface area contributed by atoms with E-state index in [0.29, 0.717) is 12.2 Å². The monoisotopic (exact) mass is 295 g/mol. The minimum Gasteiger partial charge on any atom is -0.316 e. The third-order valence-corrected chi connectivity index (χ3v) is 4.12. The van der Waals surface area contributed by atoms with Gasteiger partial charge in [0.1, 0.15) is 5.78 Å². The molecule has 17 heavy (non-hydrogen) atoms. The van der Waals surface area contributed by atoms with Gasteiger partial charge in [-0.05, 0) is 37.4 Å². The van der Waals surface area contributed by atoms with Crippen LogP contribution in [0, 0.1) is 5.92 Å². The number of aryl methyl sites for hydroxylation is 1. The van der Waals surface area contributed by atoms with Crippen molar-refractivity contribution in [3.8, 4) is 0 Å². The number of benzene rings is 1. The number of carbonyl (C=O) groups is 1. The lowest BCUT2D eigenvalue weighted by atomic mass is 9.92. The van der Waals surface area contributed by atoms with Gasteiger partial charge in [-0.3, -0.25) is 4.79 Å². The average molecular weight is 296 g/mol. The first kappa shape index (κ1) is 12.8. The van der Waals surface area contributed by atoms with Crippen molar-refractivity contribution in [2.24, 2.45) is 5.92 Å². The molecule has 0 aromatic heterocycles. The van der Waals surface area contributed by atoms with Gasteiger partial charge in [-0.1, -0.05) is 34.1 Å². The maximum absolute atomic E-state index is 12.0. The van der Waals surface area contributed by atoms with Gasteiger partial charge in [0.25, 0.3) is 0 Å². The zero-order valence-electron chi connectivity index (χ0n) is 9.92. The largest absolute Gasteiger partial charge is 0.316 e. The Labute approximate surface area is 111 Å². The van der Waals surface area contributed by atoms with Gasteiger partial charge in [0.2, 0.25) is 0 Å². The highest BCUT2D eigenvalue weighted by Gasteiger charge is 2.20. The molecule has 2 nitrogen and oxygen atoms in total. The Morgan fingerprint density at radius 1 is 1.41 bits per heavy atom. The van der Waals surface area contributed by atoms with Crippen molar-refractivity contribution in [3.63, 3.8) is 0 Å². The fourth-order valence-electron chi connectivity index (χ4n) is 2.29. The van der Waals surface area contributed by atoms with Crippen LogP contribution >= 0.6 is 15.9 Å². The van der Waals surface area contributed by atoms with Crippen LogP contribution in [0.25, 0.3) is 0 Å². The van der Waals surface area contributed by atoms with E-state index >= 15 is 0 Å². The lowest BCUT2D eigenvalue weighted by Crippen LogP contribution is -2.34. The molecule has 0 amide bonds. The van der Waals surface area contributed by atoms with E-state index in [1.54, 1.807) is 0 Å². The highest BCUT2D eigenvalue weighted by molar-refractivity contribution is 9.10. The molecule has 1 N–H and O–H groups in total. The fraction of sp³-hybridized carbons (Fsp3) is 0.500. The molecule has 0 spiro atoms. The summed E-state index contributed by atoms with van der Waals surface area (Å²) in [6.07, 6.45) is 3.69. The van der Waals surface area contributed by atoms with E-state index in [0.717, 1.165) is 36.8 Å². The van der Waals surface area contributed by atoms with Gasteiger partial charge in [-0.15, -0.1) is 0 Å². The molecule has 92 valence electrons. The number of ketones is 1. The Bertz CT molecular complexity index is 386. The minimum atomic E-state index is 0.242. The van der Waals surface area contributed by atoms with Crippen LogP contribution in [-0.2, 0) is 11.2 Å². The van der Waals surface area contributed by atoms with Crippen molar-refractivity contribution in [2.75, 3.05) is 13.1 Å². The second-order valence-electron chi connectivity index (χ2n) is 4.60. The Hall–Kier alpha value is -0.670. The van der Waals surface area contributed by atoms with Crippen LogP contribution in [-0.4, -0.2) is 18.9 Å². The first-order chi connectivity index (χ1) is 8.27. The molecule has 1 aliphatic heterocycles. The molecule has 0 aliphatic carbocycles. The molecule has 1 fully saturated rings. The number of carbonyl (C=O) groups excluding carboxylic acids is 1. The number of rotatable bonds is 4. The van der Waals surface area contributed by atoms with Crippen molar-refractivity contribution in [1.82, 2.24) is 5.32 Å². The molecule has 3 heteroatoms. The number of piperidine rings is 1. The molecule has 1 saturated heterocycles. The van der Waals surface area contributed by atoms with Crippen LogP contribution < -0.4 is 5.32 Å². The normalized spacial score (nSPS) is 20.2. The maximum atomic E-state index is 12.0. The summed E-state index contributed by atoms with van der Waals surface area (Å²) in [5.74, 6) is 0.652. The summed E-state index contributed by atoms with van der Waals surface area (Å²) in [5, 5.41) is 3.30. The van der Waals surface area contributed by atoms with Crippen LogP contribution in [0.1, 0.15) is 24.8 Å². The minimum absolute atomic E-state index is 0.242. The van der Waals surface area contributed by atoms with E-state index in [2.05, 4.69) is 27.3 Å². The van der Waals surface area contributed by atoms with E-state index in [1.807, 2.05) is 18.2 Å². The highest BCUT2D eigenvalue weighted by atomic mass is 79.9. The van der Waals surface area contributed by atoms with Crippen molar-refractivity contribution in [2.45, 2.75) is 25.7 Å². The van der Waals surface area contributed by atoms with Crippen molar-refractivity contribution in [1.29, 1.82) is 0 Å². The molecule has 0 saturated carbocycles. The number of Topliss-reactive ketones (excluding diaryl/α,β-unsaturated/α-hetero) is 1. The van der Waals surface area contributed by atoms with Crippen molar-refractivity contribution >= 4 is 21.7 Å². The van der Waals surface area contributed by atoms with Crippen molar-refractivity contribution in [3.05, 3.63) is 34.3 Å². The predicted molar refractivity (Wildman–Crippen MR) is 73.1 cm³/mol. The molecule has 1 aromatic rings. The molecule has 0 radical (unpaired) electrons. The molecule has 2 rings (SSSR count). The molecule has 0 bridgehead atoms. The summed E-state index contributed by atoms with van der Waals surface area (Å²) < 4.78 is 1.11. The van der Waals surface area contributed by atoms with Crippen LogP contribution in [0.4, 0.5) is 0 Å². The third kappa shape index (κ3) is 3.65. The summed E-state index contributed by atoms with van der Waals surface area (Å²) in [6, 6.07) is 8.13. The molecule has 1 aliphatic rings. The second-order valence-corrected chi connectivity index (χ2v) is 5.46. The summed E-state index contributed by atoms with van der Waals surface area (Å²) in [6.45, 7) is 1.93. The molecular weight excluding hydrogens is 278 g/mol. The smallest absolute Gasteiger partial charge is 0.137 e. The lowest BCUT2D eigenvalue weighted by molar-refractivity contribution is -0.123. The van der Waals surface area contributed by atoms with Gasteiger partial charge in [0.15, 0.2) is 0 Å². The van der Waals surface area contributed by atoms with Crippen LogP contribution in [0.15, 0.2) is 28.7 Å². The molecule has 1 heterocycles. The summed E-state index contributed by atoms with van der Waals surface area (Å²) in [4.78, 5) is 12.0. The molecule has 1 atom stereocenters. The fourth-order valence-corrected chi connectivity index (χ4v) is 2.77. The Kier molecular flexibility index (Phi) is 4.75. The van der Waals surface area contributed by atoms with Crippen LogP contribution in [0.5, 0.6) is 0 Å². The zero-order valence-corrected chi connectivity index (χ0v) is 11.5. The summed E-state index contributed by atoms with van der Waals surface area (Å²) in [5.41, 5.74) is 1.23. The van der Waals surface area contributed by atoms with Gasteiger partial charge >= 0.3 is 0 Å². The Morgan fingerprint density at radius 3 is 2.94 bits per heavy atom. The van der Waals surface area contributed by atoms with Gasteiger partial charge in [-0.25, -0.2) is 0 Å². The van der Waals surface area contributed by atoms with E-state index < -0.39 is 0 Å². The van der Waals surface area contributed by atoms with E-state index in [1.165, 1.54) is 5.56 Å². The number of hydrogen-bond donors (Lipinski definition) is 1. The second kappa shape index (κ2) is 6.31. The molecule has 1 aromatic carbocycles. The van der Waals surface area contributed by atoms with Gasteiger partial charge in [0.05, 0.1) is 0 Å². The van der Waals surface area contributed by atoms with Gasteiger partial charge < -0.3 is 5.32 Å². The number of nitrogens with one attached hydrogen (secondary N) is 1. The lowest BCUT2D eigenvalue weighted by Gasteiger charge is -2.21.